The van der Waals surface area contributed by atoms with Crippen LogP contribution in [0.3, 0.4) is 0 Å². The fraction of sp³-hybridized carbons (Fsp3) is 0.533. The predicted octanol–water partition coefficient (Wildman–Crippen LogP) is 2.54. The van der Waals surface area contributed by atoms with E-state index in [4.69, 9.17) is 0 Å². The summed E-state index contributed by atoms with van der Waals surface area (Å²) in [7, 11) is 0. The number of tetrazole rings is 1. The van der Waals surface area contributed by atoms with Crippen molar-refractivity contribution in [2.45, 2.75) is 46.7 Å². The second kappa shape index (κ2) is 6.76. The second-order valence-corrected chi connectivity index (χ2v) is 5.41. The van der Waals surface area contributed by atoms with Gasteiger partial charge < -0.3 is 5.32 Å². The van der Waals surface area contributed by atoms with Gasteiger partial charge in [0.25, 0.3) is 0 Å². The fourth-order valence-corrected chi connectivity index (χ4v) is 2.39. The van der Waals surface area contributed by atoms with Crippen molar-refractivity contribution in [1.82, 2.24) is 25.5 Å². The Balaban J connectivity index is 2.19. The third kappa shape index (κ3) is 3.64. The van der Waals surface area contributed by atoms with E-state index >= 15 is 0 Å². The first-order valence-corrected chi connectivity index (χ1v) is 7.28. The van der Waals surface area contributed by atoms with Crippen LogP contribution in [0.15, 0.2) is 12.1 Å². The summed E-state index contributed by atoms with van der Waals surface area (Å²) < 4.78 is 15.4. The Morgan fingerprint density at radius 3 is 2.57 bits per heavy atom. The summed E-state index contributed by atoms with van der Waals surface area (Å²) in [6.07, 6.45) is 1.06. The first-order valence-electron chi connectivity index (χ1n) is 7.28. The SMILES string of the molecule is CCCNC(C)c1nnnn1Cc1cc(C)c(F)c(C)c1. The van der Waals surface area contributed by atoms with Crippen LogP contribution in [0.5, 0.6) is 0 Å². The maximum absolute atomic E-state index is 13.7. The lowest BCUT2D eigenvalue weighted by Gasteiger charge is -2.13. The van der Waals surface area contributed by atoms with Gasteiger partial charge in [0, 0.05) is 0 Å². The number of halogens is 1. The molecule has 5 nitrogen and oxygen atoms in total. The Bertz CT molecular complexity index is 585. The number of nitrogens with zero attached hydrogens (tertiary/aromatic N) is 4. The van der Waals surface area contributed by atoms with E-state index in [1.165, 1.54) is 0 Å². The normalized spacial score (nSPS) is 12.6. The summed E-state index contributed by atoms with van der Waals surface area (Å²) in [5.74, 6) is 0.650. The summed E-state index contributed by atoms with van der Waals surface area (Å²) >= 11 is 0. The van der Waals surface area contributed by atoms with Crippen LogP contribution in [0.1, 0.15) is 48.8 Å². The van der Waals surface area contributed by atoms with Crippen LogP contribution in [-0.2, 0) is 6.54 Å². The van der Waals surface area contributed by atoms with Crippen molar-refractivity contribution in [3.63, 3.8) is 0 Å². The lowest BCUT2D eigenvalue weighted by atomic mass is 10.1. The van der Waals surface area contributed by atoms with Crippen molar-refractivity contribution in [3.05, 3.63) is 40.5 Å². The minimum Gasteiger partial charge on any atom is -0.307 e. The van der Waals surface area contributed by atoms with E-state index in [1.807, 2.05) is 19.1 Å². The Morgan fingerprint density at radius 1 is 1.29 bits per heavy atom. The summed E-state index contributed by atoms with van der Waals surface area (Å²) in [6, 6.07) is 3.78. The maximum atomic E-state index is 13.7. The van der Waals surface area contributed by atoms with Crippen molar-refractivity contribution in [2.24, 2.45) is 0 Å². The number of nitrogens with one attached hydrogen (secondary N) is 1. The van der Waals surface area contributed by atoms with Crippen molar-refractivity contribution in [3.8, 4) is 0 Å². The number of aryl methyl sites for hydroxylation is 2. The van der Waals surface area contributed by atoms with E-state index in [1.54, 1.807) is 18.5 Å². The molecule has 6 heteroatoms. The molecule has 2 aromatic rings. The van der Waals surface area contributed by atoms with Gasteiger partial charge in [0.05, 0.1) is 12.6 Å². The second-order valence-electron chi connectivity index (χ2n) is 5.41. The summed E-state index contributed by atoms with van der Waals surface area (Å²) in [5.41, 5.74) is 2.30. The molecular formula is C15H22FN5. The highest BCUT2D eigenvalue weighted by Crippen LogP contribution is 2.16. The van der Waals surface area contributed by atoms with Gasteiger partial charge in [0.2, 0.25) is 0 Å². The average molecular weight is 291 g/mol. The minimum absolute atomic E-state index is 0.0857. The molecule has 2 rings (SSSR count). The molecule has 0 aliphatic heterocycles. The molecule has 0 amide bonds. The molecule has 0 aliphatic carbocycles. The molecule has 0 aliphatic rings. The Hall–Kier alpha value is -1.82. The molecule has 0 saturated carbocycles. The van der Waals surface area contributed by atoms with Gasteiger partial charge in [0.15, 0.2) is 5.82 Å². The van der Waals surface area contributed by atoms with Gasteiger partial charge in [-0.25, -0.2) is 9.07 Å². The molecule has 21 heavy (non-hydrogen) atoms. The zero-order valence-electron chi connectivity index (χ0n) is 13.0. The standard InChI is InChI=1S/C15H22FN5/c1-5-6-17-12(4)15-18-19-20-21(15)9-13-7-10(2)14(16)11(3)8-13/h7-8,12,17H,5-6,9H2,1-4H3. The van der Waals surface area contributed by atoms with Gasteiger partial charge in [-0.15, -0.1) is 5.10 Å². The lowest BCUT2D eigenvalue weighted by molar-refractivity contribution is 0.503. The van der Waals surface area contributed by atoms with Crippen LogP contribution >= 0.6 is 0 Å². The average Bonchev–Trinajstić information content (AvgIpc) is 2.90. The van der Waals surface area contributed by atoms with Crippen molar-refractivity contribution in [1.29, 1.82) is 0 Å². The molecule has 0 saturated heterocycles. The number of benzene rings is 1. The third-order valence-corrected chi connectivity index (χ3v) is 3.48. The largest absolute Gasteiger partial charge is 0.307 e. The summed E-state index contributed by atoms with van der Waals surface area (Å²) in [4.78, 5) is 0. The highest BCUT2D eigenvalue weighted by Gasteiger charge is 2.14. The lowest BCUT2D eigenvalue weighted by Crippen LogP contribution is -2.23. The summed E-state index contributed by atoms with van der Waals surface area (Å²) in [5, 5.41) is 15.3. The first kappa shape index (κ1) is 15.6. The molecule has 0 bridgehead atoms. The molecule has 114 valence electrons. The molecule has 0 fully saturated rings. The Kier molecular flexibility index (Phi) is 5.01. The topological polar surface area (TPSA) is 55.6 Å². The zero-order chi connectivity index (χ0) is 15.4. The van der Waals surface area contributed by atoms with Gasteiger partial charge >= 0.3 is 0 Å². The van der Waals surface area contributed by atoms with Crippen LogP contribution in [0.4, 0.5) is 4.39 Å². The van der Waals surface area contributed by atoms with Crippen LogP contribution in [0.25, 0.3) is 0 Å². The highest BCUT2D eigenvalue weighted by molar-refractivity contribution is 5.30. The van der Waals surface area contributed by atoms with Crippen molar-refractivity contribution in [2.75, 3.05) is 6.54 Å². The molecule has 1 aromatic carbocycles. The van der Waals surface area contributed by atoms with Gasteiger partial charge in [0.1, 0.15) is 5.82 Å². The number of hydrogen-bond acceptors (Lipinski definition) is 4. The molecule has 1 heterocycles. The maximum Gasteiger partial charge on any atom is 0.168 e. The fourth-order valence-electron chi connectivity index (χ4n) is 2.39. The van der Waals surface area contributed by atoms with Crippen LogP contribution in [-0.4, -0.2) is 26.8 Å². The van der Waals surface area contributed by atoms with Gasteiger partial charge in [-0.1, -0.05) is 19.1 Å². The molecule has 1 atom stereocenters. The van der Waals surface area contributed by atoms with E-state index in [-0.39, 0.29) is 11.9 Å². The smallest absolute Gasteiger partial charge is 0.168 e. The van der Waals surface area contributed by atoms with Gasteiger partial charge in [-0.05, 0) is 60.9 Å². The highest BCUT2D eigenvalue weighted by atomic mass is 19.1. The number of rotatable bonds is 6. The molecule has 1 N–H and O–H groups in total. The number of aromatic nitrogens is 4. The van der Waals surface area contributed by atoms with Crippen molar-refractivity contribution < 1.29 is 4.39 Å². The van der Waals surface area contributed by atoms with Crippen LogP contribution < -0.4 is 5.32 Å². The van der Waals surface area contributed by atoms with E-state index in [0.29, 0.717) is 17.7 Å². The quantitative estimate of drug-likeness (QED) is 0.888. The van der Waals surface area contributed by atoms with Crippen molar-refractivity contribution >= 4 is 0 Å². The summed E-state index contributed by atoms with van der Waals surface area (Å²) in [6.45, 7) is 9.17. The molecular weight excluding hydrogens is 269 g/mol. The zero-order valence-corrected chi connectivity index (χ0v) is 13.0. The predicted molar refractivity (Wildman–Crippen MR) is 79.5 cm³/mol. The van der Waals surface area contributed by atoms with Crippen LogP contribution in [0, 0.1) is 19.7 Å². The monoisotopic (exact) mass is 291 g/mol. The third-order valence-electron chi connectivity index (χ3n) is 3.48. The Morgan fingerprint density at radius 2 is 1.95 bits per heavy atom. The Labute approximate surface area is 124 Å². The molecule has 0 spiro atoms. The minimum atomic E-state index is -0.145. The van der Waals surface area contributed by atoms with Gasteiger partial charge in [-0.3, -0.25) is 0 Å². The van der Waals surface area contributed by atoms with Gasteiger partial charge in [-0.2, -0.15) is 0 Å². The molecule has 0 radical (unpaired) electrons. The number of hydrogen-bond donors (Lipinski definition) is 1. The molecule has 1 unspecified atom stereocenters. The first-order chi connectivity index (χ1) is 10.0. The van der Waals surface area contributed by atoms with E-state index < -0.39 is 0 Å². The molecule has 1 aromatic heterocycles. The van der Waals surface area contributed by atoms with E-state index in [2.05, 4.69) is 27.8 Å². The van der Waals surface area contributed by atoms with Crippen LogP contribution in [0.2, 0.25) is 0 Å². The van der Waals surface area contributed by atoms with E-state index in [9.17, 15) is 4.39 Å². The van der Waals surface area contributed by atoms with E-state index in [0.717, 1.165) is 24.4 Å².